The predicted octanol–water partition coefficient (Wildman–Crippen LogP) is 6.45. The Bertz CT molecular complexity index is 2760. The average Bonchev–Trinajstić information content (AvgIpc) is 3.08. The molecular formula is C41H26BN3O2. The minimum absolute atomic E-state index is 0.0378. The molecular weight excluding hydrogens is 577 g/mol. The van der Waals surface area contributed by atoms with Gasteiger partial charge >= 0.3 is 0 Å². The van der Waals surface area contributed by atoms with Crippen LogP contribution in [0.3, 0.4) is 0 Å². The first-order valence-electron chi connectivity index (χ1n) is 16.2. The molecule has 0 bridgehead atoms. The molecule has 0 fully saturated rings. The molecule has 0 N–H and O–H groups in total. The Labute approximate surface area is 269 Å². The van der Waals surface area contributed by atoms with Crippen molar-refractivity contribution >= 4 is 83.5 Å². The largest absolute Gasteiger partial charge is 0.311 e. The summed E-state index contributed by atoms with van der Waals surface area (Å²) in [5.74, 6) is 0. The van der Waals surface area contributed by atoms with Crippen molar-refractivity contribution in [2.45, 2.75) is 20.8 Å². The van der Waals surface area contributed by atoms with Gasteiger partial charge in [-0.3, -0.25) is 18.7 Å². The minimum Gasteiger partial charge on any atom is -0.311 e. The zero-order chi connectivity index (χ0) is 31.5. The maximum atomic E-state index is 14.7. The zero-order valence-corrected chi connectivity index (χ0v) is 26.1. The molecule has 0 saturated carbocycles. The maximum absolute atomic E-state index is 14.7. The van der Waals surface area contributed by atoms with Crippen molar-refractivity contribution in [1.29, 1.82) is 0 Å². The van der Waals surface area contributed by atoms with E-state index in [1.54, 1.807) is 0 Å². The summed E-state index contributed by atoms with van der Waals surface area (Å²) in [7, 11) is 0. The quantitative estimate of drug-likeness (QED) is 0.123. The number of hydrogen-bond acceptors (Lipinski definition) is 3. The average molecular weight is 603 g/mol. The number of fused-ring (bicyclic) bond motifs is 6. The fourth-order valence-electron chi connectivity index (χ4n) is 9.34. The van der Waals surface area contributed by atoms with Crippen LogP contribution in [0.1, 0.15) is 16.7 Å². The predicted molar refractivity (Wildman–Crippen MR) is 195 cm³/mol. The van der Waals surface area contributed by atoms with E-state index >= 15 is 0 Å². The molecule has 3 aliphatic heterocycles. The molecule has 0 saturated heterocycles. The molecule has 0 amide bonds. The van der Waals surface area contributed by atoms with Gasteiger partial charge in [0.2, 0.25) is 0 Å². The summed E-state index contributed by atoms with van der Waals surface area (Å²) in [6.45, 7) is 6.34. The van der Waals surface area contributed by atoms with E-state index in [2.05, 4.69) is 92.4 Å². The highest BCUT2D eigenvalue weighted by Crippen LogP contribution is 2.45. The van der Waals surface area contributed by atoms with Gasteiger partial charge in [-0.1, -0.05) is 66.2 Å². The third-order valence-corrected chi connectivity index (χ3v) is 10.9. The van der Waals surface area contributed by atoms with E-state index in [1.807, 2.05) is 45.5 Å². The Morgan fingerprint density at radius 1 is 0.468 bits per heavy atom. The number of pyridine rings is 2. The summed E-state index contributed by atoms with van der Waals surface area (Å²) in [6, 6.07) is 35.4. The van der Waals surface area contributed by atoms with Crippen LogP contribution in [0.5, 0.6) is 0 Å². The lowest BCUT2D eigenvalue weighted by molar-refractivity contribution is 1.04. The zero-order valence-electron chi connectivity index (χ0n) is 26.1. The van der Waals surface area contributed by atoms with Crippen LogP contribution in [0, 0.1) is 20.8 Å². The maximum Gasteiger partial charge on any atom is 0.263 e. The van der Waals surface area contributed by atoms with E-state index in [1.165, 1.54) is 16.7 Å². The summed E-state index contributed by atoms with van der Waals surface area (Å²) < 4.78 is 3.88. The van der Waals surface area contributed by atoms with Crippen LogP contribution in [0.25, 0.3) is 54.7 Å². The van der Waals surface area contributed by atoms with Gasteiger partial charge in [0.05, 0.1) is 16.7 Å². The first kappa shape index (κ1) is 25.3. The van der Waals surface area contributed by atoms with Gasteiger partial charge in [0.1, 0.15) is 0 Å². The Hall–Kier alpha value is -5.88. The number of nitrogens with zero attached hydrogens (tertiary/aromatic N) is 3. The van der Waals surface area contributed by atoms with Crippen molar-refractivity contribution in [3.63, 3.8) is 0 Å². The van der Waals surface area contributed by atoms with Crippen LogP contribution in [0.4, 0.5) is 17.1 Å². The number of aryl methyl sites for hydroxylation is 3. The second kappa shape index (κ2) is 8.28. The van der Waals surface area contributed by atoms with Gasteiger partial charge in [-0.15, -0.1) is 0 Å². The topological polar surface area (TPSA) is 47.2 Å². The molecule has 5 heterocycles. The molecule has 6 heteroatoms. The molecule has 0 aliphatic carbocycles. The first-order chi connectivity index (χ1) is 22.9. The summed E-state index contributed by atoms with van der Waals surface area (Å²) in [6.07, 6.45) is 0. The molecule has 0 atom stereocenters. The lowest BCUT2D eigenvalue weighted by atomic mass is 9.32. The van der Waals surface area contributed by atoms with Crippen LogP contribution < -0.4 is 32.4 Å². The lowest BCUT2D eigenvalue weighted by Crippen LogP contribution is -2.65. The van der Waals surface area contributed by atoms with Crippen LogP contribution in [-0.4, -0.2) is 15.8 Å². The first-order valence-corrected chi connectivity index (χ1v) is 16.2. The lowest BCUT2D eigenvalue weighted by Gasteiger charge is -2.44. The van der Waals surface area contributed by atoms with Crippen molar-refractivity contribution in [2.75, 3.05) is 4.90 Å². The molecule has 47 heavy (non-hydrogen) atoms. The van der Waals surface area contributed by atoms with Crippen molar-refractivity contribution in [3.05, 3.63) is 141 Å². The molecule has 0 radical (unpaired) electrons. The Balaban J connectivity index is 1.47. The van der Waals surface area contributed by atoms with Gasteiger partial charge in [-0.2, -0.15) is 0 Å². The molecule has 6 aromatic carbocycles. The summed E-state index contributed by atoms with van der Waals surface area (Å²) in [5.41, 5.74) is 13.6. The molecule has 3 aliphatic rings. The fourth-order valence-corrected chi connectivity index (χ4v) is 9.34. The van der Waals surface area contributed by atoms with Gasteiger partial charge in [0, 0.05) is 44.3 Å². The second-order valence-electron chi connectivity index (χ2n) is 13.4. The van der Waals surface area contributed by atoms with Crippen molar-refractivity contribution < 1.29 is 0 Å². The molecule has 220 valence electrons. The Morgan fingerprint density at radius 3 is 1.40 bits per heavy atom. The smallest absolute Gasteiger partial charge is 0.263 e. The van der Waals surface area contributed by atoms with Crippen LogP contribution in [0.15, 0.2) is 113 Å². The molecule has 0 unspecified atom stereocenters. The Morgan fingerprint density at radius 2 is 0.915 bits per heavy atom. The van der Waals surface area contributed by atoms with E-state index in [0.29, 0.717) is 10.8 Å². The highest BCUT2D eigenvalue weighted by molar-refractivity contribution is 7.02. The van der Waals surface area contributed by atoms with Crippen molar-refractivity contribution in [2.24, 2.45) is 0 Å². The molecule has 11 rings (SSSR count). The van der Waals surface area contributed by atoms with E-state index in [0.717, 1.165) is 77.4 Å². The number of aromatic nitrogens is 2. The van der Waals surface area contributed by atoms with Crippen molar-refractivity contribution in [3.8, 4) is 11.4 Å². The summed E-state index contributed by atoms with van der Waals surface area (Å²) in [5, 5.41) is 5.31. The normalized spacial score (nSPS) is 13.5. The minimum atomic E-state index is -0.151. The number of hydrogen-bond donors (Lipinski definition) is 0. The van der Waals surface area contributed by atoms with Gasteiger partial charge in [0.25, 0.3) is 17.8 Å². The third-order valence-electron chi connectivity index (χ3n) is 10.9. The summed E-state index contributed by atoms with van der Waals surface area (Å²) >= 11 is 0. The van der Waals surface area contributed by atoms with E-state index in [-0.39, 0.29) is 17.8 Å². The molecule has 8 aromatic rings. The highest BCUT2D eigenvalue weighted by atomic mass is 16.1. The molecule has 0 spiro atoms. The van der Waals surface area contributed by atoms with Gasteiger partial charge < -0.3 is 4.90 Å². The van der Waals surface area contributed by atoms with Crippen LogP contribution in [-0.2, 0) is 0 Å². The number of rotatable bonds is 1. The van der Waals surface area contributed by atoms with E-state index in [9.17, 15) is 9.59 Å². The SMILES string of the molecule is Cc1cc(C)c(N2c3cccc4c3B3c5c2cccc5-n2c(=O)c5ccccc5c5cc6c7ccccc7c(=O)n-4c6c3c52)c(C)c1. The third kappa shape index (κ3) is 2.81. The van der Waals surface area contributed by atoms with Gasteiger partial charge in [0.15, 0.2) is 0 Å². The van der Waals surface area contributed by atoms with Gasteiger partial charge in [-0.05, 0) is 102 Å². The Kier molecular flexibility index (Phi) is 4.46. The van der Waals surface area contributed by atoms with Crippen LogP contribution in [0.2, 0.25) is 0 Å². The molecule has 2 aromatic heterocycles. The standard InChI is InChI=1S/C41H26BN3O2/c1-21-18-22(2)37(23(3)19-21)43-30-14-8-16-32-34(30)42-35-31(43)15-9-17-33(35)45-39-29(25-11-5-7-13-27(25)41(45)47)20-28-24-10-4-6-12-26(24)40(46)44(32)38(28)36(39)42/h4-20H,1-3H3. The van der Waals surface area contributed by atoms with Crippen LogP contribution >= 0.6 is 0 Å². The highest BCUT2D eigenvalue weighted by Gasteiger charge is 2.47. The number of anilines is 3. The monoisotopic (exact) mass is 603 g/mol. The van der Waals surface area contributed by atoms with E-state index < -0.39 is 0 Å². The van der Waals surface area contributed by atoms with E-state index in [4.69, 9.17) is 0 Å². The van der Waals surface area contributed by atoms with Crippen molar-refractivity contribution in [1.82, 2.24) is 9.13 Å². The second-order valence-corrected chi connectivity index (χ2v) is 13.4. The fraction of sp³-hybridized carbons (Fsp3) is 0.0732. The molecule has 5 nitrogen and oxygen atoms in total. The summed E-state index contributed by atoms with van der Waals surface area (Å²) in [4.78, 5) is 31.8. The van der Waals surface area contributed by atoms with Gasteiger partial charge in [-0.25, -0.2) is 0 Å². The number of benzene rings is 6.